The van der Waals surface area contributed by atoms with Crippen LogP contribution in [-0.2, 0) is 4.74 Å². The van der Waals surface area contributed by atoms with Gasteiger partial charge in [-0.05, 0) is 51.5 Å². The fraction of sp³-hybridized carbons (Fsp3) is 1.00. The molecule has 2 N–H and O–H groups in total. The summed E-state index contributed by atoms with van der Waals surface area (Å²) in [4.78, 5) is 0. The third-order valence-electron chi connectivity index (χ3n) is 4.13. The topological polar surface area (TPSA) is 33.3 Å². The molecule has 2 aliphatic heterocycles. The monoisotopic (exact) mass is 226 g/mol. The second-order valence-electron chi connectivity index (χ2n) is 5.51. The first-order chi connectivity index (χ1) is 7.78. The Morgan fingerprint density at radius 1 is 1.31 bits per heavy atom. The Bertz CT molecular complexity index is 198. The van der Waals surface area contributed by atoms with Gasteiger partial charge >= 0.3 is 0 Å². The zero-order chi connectivity index (χ0) is 11.4. The van der Waals surface area contributed by atoms with Gasteiger partial charge in [-0.15, -0.1) is 0 Å². The van der Waals surface area contributed by atoms with E-state index >= 15 is 0 Å². The van der Waals surface area contributed by atoms with E-state index in [1.165, 1.54) is 32.1 Å². The van der Waals surface area contributed by atoms with Gasteiger partial charge in [-0.3, -0.25) is 0 Å². The number of nitrogens with one attached hydrogen (secondary N) is 2. The zero-order valence-corrected chi connectivity index (χ0v) is 10.7. The van der Waals surface area contributed by atoms with E-state index in [0.29, 0.717) is 6.10 Å². The highest BCUT2D eigenvalue weighted by Crippen LogP contribution is 2.32. The third kappa shape index (κ3) is 3.44. The van der Waals surface area contributed by atoms with Crippen LogP contribution in [0.1, 0.15) is 39.0 Å². The van der Waals surface area contributed by atoms with Crippen molar-refractivity contribution in [2.45, 2.75) is 57.2 Å². The smallest absolute Gasteiger partial charge is 0.0667 e. The molecular weight excluding hydrogens is 200 g/mol. The lowest BCUT2D eigenvalue weighted by Crippen LogP contribution is -2.39. The van der Waals surface area contributed by atoms with E-state index in [-0.39, 0.29) is 0 Å². The van der Waals surface area contributed by atoms with E-state index in [1.54, 1.807) is 7.11 Å². The van der Waals surface area contributed by atoms with Crippen molar-refractivity contribution < 1.29 is 4.74 Å². The first-order valence-corrected chi connectivity index (χ1v) is 6.77. The summed E-state index contributed by atoms with van der Waals surface area (Å²) >= 11 is 0. The number of methoxy groups -OCH3 is 1. The summed E-state index contributed by atoms with van der Waals surface area (Å²) in [5.41, 5.74) is 0. The van der Waals surface area contributed by atoms with E-state index in [0.717, 1.165) is 31.1 Å². The lowest BCUT2D eigenvalue weighted by atomic mass is 9.90. The molecule has 16 heavy (non-hydrogen) atoms. The van der Waals surface area contributed by atoms with Crippen LogP contribution in [0.2, 0.25) is 0 Å². The molecule has 3 heteroatoms. The molecule has 0 radical (unpaired) electrons. The van der Waals surface area contributed by atoms with Gasteiger partial charge in [0, 0.05) is 25.7 Å². The Kier molecular flexibility index (Phi) is 4.62. The maximum absolute atomic E-state index is 5.21. The van der Waals surface area contributed by atoms with Crippen molar-refractivity contribution in [1.29, 1.82) is 0 Å². The molecule has 0 amide bonds. The van der Waals surface area contributed by atoms with Gasteiger partial charge < -0.3 is 15.4 Å². The van der Waals surface area contributed by atoms with Crippen molar-refractivity contribution in [3.63, 3.8) is 0 Å². The third-order valence-corrected chi connectivity index (χ3v) is 4.13. The van der Waals surface area contributed by atoms with E-state index < -0.39 is 0 Å². The Balaban J connectivity index is 1.56. The predicted octanol–water partition coefficient (Wildman–Crippen LogP) is 1.53. The molecule has 0 saturated carbocycles. The van der Waals surface area contributed by atoms with E-state index in [9.17, 15) is 0 Å². The van der Waals surface area contributed by atoms with Crippen LogP contribution in [0.5, 0.6) is 0 Å². The standard InChI is InChI=1S/C13H26N2O/c1-10(16-2)9-14-6-5-11-7-12-3-4-13(8-11)15-12/h10-15H,3-9H2,1-2H3. The Hall–Kier alpha value is -0.120. The van der Waals surface area contributed by atoms with Crippen LogP contribution in [0.15, 0.2) is 0 Å². The van der Waals surface area contributed by atoms with Crippen molar-refractivity contribution in [3.8, 4) is 0 Å². The molecule has 2 rings (SSSR count). The van der Waals surface area contributed by atoms with Crippen LogP contribution in [0.3, 0.4) is 0 Å². The summed E-state index contributed by atoms with van der Waals surface area (Å²) in [5.74, 6) is 0.948. The molecule has 3 nitrogen and oxygen atoms in total. The molecule has 2 heterocycles. The summed E-state index contributed by atoms with van der Waals surface area (Å²) < 4.78 is 5.21. The SMILES string of the molecule is COC(C)CNCCC1CC2CCC(C1)N2. The van der Waals surface area contributed by atoms with Crippen LogP contribution < -0.4 is 10.6 Å². The molecule has 3 atom stereocenters. The second-order valence-corrected chi connectivity index (χ2v) is 5.51. The first kappa shape index (κ1) is 12.3. The van der Waals surface area contributed by atoms with Gasteiger partial charge in [0.1, 0.15) is 0 Å². The van der Waals surface area contributed by atoms with Gasteiger partial charge in [0.05, 0.1) is 6.10 Å². The van der Waals surface area contributed by atoms with Crippen LogP contribution in [0.25, 0.3) is 0 Å². The highest BCUT2D eigenvalue weighted by Gasteiger charge is 2.32. The second kappa shape index (κ2) is 5.99. The van der Waals surface area contributed by atoms with Gasteiger partial charge in [0.2, 0.25) is 0 Å². The predicted molar refractivity (Wildman–Crippen MR) is 66.6 cm³/mol. The molecule has 2 fully saturated rings. The first-order valence-electron chi connectivity index (χ1n) is 6.77. The van der Waals surface area contributed by atoms with Crippen molar-refractivity contribution >= 4 is 0 Å². The molecule has 0 aromatic rings. The van der Waals surface area contributed by atoms with E-state index in [2.05, 4.69) is 17.6 Å². The van der Waals surface area contributed by atoms with Crippen LogP contribution in [0.4, 0.5) is 0 Å². The molecule has 2 saturated heterocycles. The highest BCUT2D eigenvalue weighted by molar-refractivity contribution is 4.91. The van der Waals surface area contributed by atoms with Crippen LogP contribution in [-0.4, -0.2) is 38.4 Å². The van der Waals surface area contributed by atoms with Gasteiger partial charge in [-0.2, -0.15) is 0 Å². The number of hydrogen-bond donors (Lipinski definition) is 2. The van der Waals surface area contributed by atoms with Crippen molar-refractivity contribution in [3.05, 3.63) is 0 Å². The van der Waals surface area contributed by atoms with Gasteiger partial charge in [0.25, 0.3) is 0 Å². The number of ether oxygens (including phenoxy) is 1. The summed E-state index contributed by atoms with van der Waals surface area (Å²) in [6, 6.07) is 1.67. The lowest BCUT2D eigenvalue weighted by Gasteiger charge is -2.29. The van der Waals surface area contributed by atoms with Crippen molar-refractivity contribution in [2.75, 3.05) is 20.2 Å². The van der Waals surface area contributed by atoms with Gasteiger partial charge in [-0.1, -0.05) is 0 Å². The normalized spacial score (nSPS) is 35.2. The molecule has 0 aromatic carbocycles. The molecular formula is C13H26N2O. The summed E-state index contributed by atoms with van der Waals surface area (Å²) in [6.45, 7) is 4.24. The summed E-state index contributed by atoms with van der Waals surface area (Å²) in [7, 11) is 1.77. The Labute approximate surface area is 99.3 Å². The molecule has 3 unspecified atom stereocenters. The number of hydrogen-bond acceptors (Lipinski definition) is 3. The zero-order valence-electron chi connectivity index (χ0n) is 10.7. The summed E-state index contributed by atoms with van der Waals surface area (Å²) in [5, 5.41) is 7.19. The minimum Gasteiger partial charge on any atom is -0.380 e. The van der Waals surface area contributed by atoms with Crippen LogP contribution >= 0.6 is 0 Å². The van der Waals surface area contributed by atoms with Crippen LogP contribution in [0, 0.1) is 5.92 Å². The molecule has 0 aliphatic carbocycles. The van der Waals surface area contributed by atoms with Crippen molar-refractivity contribution in [2.24, 2.45) is 5.92 Å². The quantitative estimate of drug-likeness (QED) is 0.674. The minimum atomic E-state index is 0.337. The summed E-state index contributed by atoms with van der Waals surface area (Å²) in [6.07, 6.45) is 7.30. The highest BCUT2D eigenvalue weighted by atomic mass is 16.5. The molecule has 94 valence electrons. The molecule has 0 aromatic heterocycles. The average Bonchev–Trinajstić information content (AvgIpc) is 2.64. The maximum atomic E-state index is 5.21. The molecule has 2 aliphatic rings. The lowest BCUT2D eigenvalue weighted by molar-refractivity contribution is 0.116. The fourth-order valence-corrected chi connectivity index (χ4v) is 3.11. The number of rotatable bonds is 6. The number of piperidine rings is 1. The maximum Gasteiger partial charge on any atom is 0.0667 e. The molecule has 0 spiro atoms. The minimum absolute atomic E-state index is 0.337. The largest absolute Gasteiger partial charge is 0.380 e. The fourth-order valence-electron chi connectivity index (χ4n) is 3.11. The Morgan fingerprint density at radius 3 is 2.62 bits per heavy atom. The molecule has 2 bridgehead atoms. The Morgan fingerprint density at radius 2 is 2.00 bits per heavy atom. The van der Waals surface area contributed by atoms with E-state index in [1.807, 2.05) is 0 Å². The van der Waals surface area contributed by atoms with Crippen molar-refractivity contribution in [1.82, 2.24) is 10.6 Å². The van der Waals surface area contributed by atoms with E-state index in [4.69, 9.17) is 4.74 Å². The van der Waals surface area contributed by atoms with Gasteiger partial charge in [-0.25, -0.2) is 0 Å². The van der Waals surface area contributed by atoms with Gasteiger partial charge in [0.15, 0.2) is 0 Å². The average molecular weight is 226 g/mol. The number of fused-ring (bicyclic) bond motifs is 2.